The first-order chi connectivity index (χ1) is 9.91. The lowest BCUT2D eigenvalue weighted by Gasteiger charge is -2.27. The molecule has 1 aliphatic rings. The van der Waals surface area contributed by atoms with Gasteiger partial charge < -0.3 is 5.32 Å². The van der Waals surface area contributed by atoms with Crippen LogP contribution in [0.25, 0.3) is 0 Å². The maximum absolute atomic E-state index is 12.7. The highest BCUT2D eigenvalue weighted by molar-refractivity contribution is 5.34. The Balaban J connectivity index is 2.14. The summed E-state index contributed by atoms with van der Waals surface area (Å²) in [4.78, 5) is 0. The molecule has 0 bridgehead atoms. The van der Waals surface area contributed by atoms with E-state index in [4.69, 9.17) is 0 Å². The van der Waals surface area contributed by atoms with Crippen LogP contribution in [0.15, 0.2) is 18.2 Å². The molecule has 0 radical (unpaired) electrons. The Labute approximate surface area is 124 Å². The van der Waals surface area contributed by atoms with Gasteiger partial charge in [0.15, 0.2) is 0 Å². The van der Waals surface area contributed by atoms with Gasteiger partial charge in [-0.15, -0.1) is 0 Å². The molecule has 1 unspecified atom stereocenters. The van der Waals surface area contributed by atoms with Crippen LogP contribution in [0.4, 0.5) is 13.2 Å². The Morgan fingerprint density at radius 3 is 2.38 bits per heavy atom. The molecule has 0 saturated heterocycles. The van der Waals surface area contributed by atoms with E-state index in [1.165, 1.54) is 44.2 Å². The summed E-state index contributed by atoms with van der Waals surface area (Å²) in [5, 5.41) is 3.28. The number of alkyl halides is 3. The van der Waals surface area contributed by atoms with Crippen LogP contribution in [0.3, 0.4) is 0 Å². The molecule has 1 aliphatic carbocycles. The highest BCUT2D eigenvalue weighted by Gasteiger charge is 2.31. The van der Waals surface area contributed by atoms with Crippen LogP contribution in [-0.4, -0.2) is 7.05 Å². The molecular weight excluding hydrogens is 275 g/mol. The molecule has 2 rings (SSSR count). The molecular formula is C17H24F3N. The first-order valence-corrected chi connectivity index (χ1v) is 7.77. The zero-order valence-corrected chi connectivity index (χ0v) is 12.8. The zero-order chi connectivity index (χ0) is 15.5. The molecule has 0 spiro atoms. The highest BCUT2D eigenvalue weighted by atomic mass is 19.4. The van der Waals surface area contributed by atoms with Crippen LogP contribution < -0.4 is 5.32 Å². The molecule has 1 N–H and O–H groups in total. The Morgan fingerprint density at radius 1 is 1.19 bits per heavy atom. The normalized spacial score (nSPS) is 18.7. The molecule has 21 heavy (non-hydrogen) atoms. The number of benzene rings is 1. The molecule has 4 heteroatoms. The number of nitrogens with one attached hydrogen (secondary N) is 1. The minimum atomic E-state index is -4.26. The van der Waals surface area contributed by atoms with Crippen LogP contribution in [0.1, 0.15) is 61.3 Å². The minimum absolute atomic E-state index is 0.149. The monoisotopic (exact) mass is 299 g/mol. The van der Waals surface area contributed by atoms with Crippen molar-refractivity contribution in [3.05, 3.63) is 34.9 Å². The minimum Gasteiger partial charge on any atom is -0.313 e. The summed E-state index contributed by atoms with van der Waals surface area (Å²) in [6.07, 6.45) is 3.14. The molecule has 0 amide bonds. The fourth-order valence-corrected chi connectivity index (χ4v) is 3.40. The van der Waals surface area contributed by atoms with Crippen molar-refractivity contribution in [2.45, 2.75) is 57.7 Å². The van der Waals surface area contributed by atoms with Crippen molar-refractivity contribution in [2.24, 2.45) is 5.92 Å². The van der Waals surface area contributed by atoms with E-state index in [9.17, 15) is 13.2 Å². The van der Waals surface area contributed by atoms with E-state index >= 15 is 0 Å². The van der Waals surface area contributed by atoms with Crippen LogP contribution in [0, 0.1) is 12.8 Å². The van der Waals surface area contributed by atoms with Gasteiger partial charge in [0.05, 0.1) is 5.56 Å². The number of rotatable bonds is 4. The summed E-state index contributed by atoms with van der Waals surface area (Å²) in [6.45, 7) is 1.77. The lowest BCUT2D eigenvalue weighted by molar-refractivity contribution is -0.137. The summed E-state index contributed by atoms with van der Waals surface area (Å²) in [5.41, 5.74) is 1.16. The van der Waals surface area contributed by atoms with Crippen LogP contribution in [-0.2, 0) is 6.18 Å². The second kappa shape index (κ2) is 6.82. The van der Waals surface area contributed by atoms with Crippen LogP contribution in [0.2, 0.25) is 0 Å². The average Bonchev–Trinajstić information content (AvgIpc) is 2.45. The molecule has 1 aromatic rings. The molecule has 0 aliphatic heterocycles. The van der Waals surface area contributed by atoms with Gasteiger partial charge in [-0.1, -0.05) is 38.2 Å². The van der Waals surface area contributed by atoms with E-state index in [1.807, 2.05) is 7.05 Å². The Kier molecular flexibility index (Phi) is 5.31. The van der Waals surface area contributed by atoms with Crippen molar-refractivity contribution in [3.8, 4) is 0 Å². The molecule has 1 aromatic carbocycles. The summed E-state index contributed by atoms with van der Waals surface area (Å²) >= 11 is 0. The van der Waals surface area contributed by atoms with Crippen molar-refractivity contribution in [3.63, 3.8) is 0 Å². The summed E-state index contributed by atoms with van der Waals surface area (Å²) < 4.78 is 38.2. The zero-order valence-electron chi connectivity index (χ0n) is 12.8. The van der Waals surface area contributed by atoms with Gasteiger partial charge in [-0.3, -0.25) is 0 Å². The highest BCUT2D eigenvalue weighted by Crippen LogP contribution is 2.35. The van der Waals surface area contributed by atoms with E-state index in [0.29, 0.717) is 5.92 Å². The first kappa shape index (κ1) is 16.3. The largest absolute Gasteiger partial charge is 0.416 e. The van der Waals surface area contributed by atoms with Gasteiger partial charge in [-0.2, -0.15) is 13.2 Å². The molecule has 1 saturated carbocycles. The number of hydrogen-bond donors (Lipinski definition) is 1. The average molecular weight is 299 g/mol. The summed E-state index contributed by atoms with van der Waals surface area (Å²) in [6, 6.07) is 4.26. The number of hydrogen-bond acceptors (Lipinski definition) is 1. The maximum atomic E-state index is 12.7. The summed E-state index contributed by atoms with van der Waals surface area (Å²) in [7, 11) is 1.89. The number of aryl methyl sites for hydroxylation is 1. The second-order valence-electron chi connectivity index (χ2n) is 6.15. The van der Waals surface area contributed by atoms with E-state index in [1.54, 1.807) is 13.0 Å². The third-order valence-electron chi connectivity index (χ3n) is 4.61. The van der Waals surface area contributed by atoms with Crippen molar-refractivity contribution in [1.82, 2.24) is 5.32 Å². The van der Waals surface area contributed by atoms with E-state index in [-0.39, 0.29) is 6.04 Å². The van der Waals surface area contributed by atoms with E-state index < -0.39 is 11.7 Å². The third-order valence-corrected chi connectivity index (χ3v) is 4.61. The fraction of sp³-hybridized carbons (Fsp3) is 0.647. The van der Waals surface area contributed by atoms with Gasteiger partial charge in [-0.25, -0.2) is 0 Å². The molecule has 1 atom stereocenters. The SMILES string of the molecule is CNC(CC1CCCCC1)c1ccc(C(F)(F)F)cc1C. The van der Waals surface area contributed by atoms with Gasteiger partial charge in [0.1, 0.15) is 0 Å². The van der Waals surface area contributed by atoms with Crippen molar-refractivity contribution in [2.75, 3.05) is 7.05 Å². The summed E-state index contributed by atoms with van der Waals surface area (Å²) in [5.74, 6) is 0.692. The van der Waals surface area contributed by atoms with Crippen molar-refractivity contribution < 1.29 is 13.2 Å². The topological polar surface area (TPSA) is 12.0 Å². The molecule has 0 aromatic heterocycles. The predicted octanol–water partition coefficient (Wildman–Crippen LogP) is 5.24. The maximum Gasteiger partial charge on any atom is 0.416 e. The van der Waals surface area contributed by atoms with Gasteiger partial charge in [0, 0.05) is 6.04 Å². The molecule has 1 nitrogen and oxygen atoms in total. The molecule has 0 heterocycles. The van der Waals surface area contributed by atoms with Gasteiger partial charge in [-0.05, 0) is 49.6 Å². The van der Waals surface area contributed by atoms with E-state index in [2.05, 4.69) is 5.32 Å². The van der Waals surface area contributed by atoms with E-state index in [0.717, 1.165) is 17.5 Å². The molecule has 1 fully saturated rings. The predicted molar refractivity (Wildman–Crippen MR) is 79.2 cm³/mol. The molecule has 118 valence electrons. The first-order valence-electron chi connectivity index (χ1n) is 7.77. The Hall–Kier alpha value is -1.03. The quantitative estimate of drug-likeness (QED) is 0.801. The fourth-order valence-electron chi connectivity index (χ4n) is 3.40. The van der Waals surface area contributed by atoms with Gasteiger partial charge >= 0.3 is 6.18 Å². The van der Waals surface area contributed by atoms with Gasteiger partial charge in [0.25, 0.3) is 0 Å². The third kappa shape index (κ3) is 4.22. The Morgan fingerprint density at radius 2 is 1.86 bits per heavy atom. The van der Waals surface area contributed by atoms with Crippen molar-refractivity contribution >= 4 is 0 Å². The lowest BCUT2D eigenvalue weighted by atomic mass is 9.82. The number of halogens is 3. The standard InChI is InChI=1S/C17H24F3N/c1-12-10-14(17(18,19)20)8-9-15(12)16(21-2)11-13-6-4-3-5-7-13/h8-10,13,16,21H,3-7,11H2,1-2H3. The second-order valence-corrected chi connectivity index (χ2v) is 6.15. The Bertz CT molecular complexity index is 462. The smallest absolute Gasteiger partial charge is 0.313 e. The van der Waals surface area contributed by atoms with Crippen LogP contribution in [0.5, 0.6) is 0 Å². The lowest BCUT2D eigenvalue weighted by Crippen LogP contribution is -2.22. The van der Waals surface area contributed by atoms with Crippen LogP contribution >= 0.6 is 0 Å². The van der Waals surface area contributed by atoms with Gasteiger partial charge in [0.2, 0.25) is 0 Å². The van der Waals surface area contributed by atoms with Crippen molar-refractivity contribution in [1.29, 1.82) is 0 Å².